The minimum atomic E-state index is -4.06. The van der Waals surface area contributed by atoms with Crippen LogP contribution in [0.3, 0.4) is 0 Å². The van der Waals surface area contributed by atoms with Crippen molar-refractivity contribution in [3.05, 3.63) is 26.7 Å². The molecule has 0 N–H and O–H groups in total. The summed E-state index contributed by atoms with van der Waals surface area (Å²) in [5.41, 5.74) is -0.464. The van der Waals surface area contributed by atoms with Crippen LogP contribution in [0.2, 0.25) is 0 Å². The second-order valence-electron chi connectivity index (χ2n) is 2.85. The number of nitrogens with zero attached hydrogens (tertiary/aromatic N) is 1. The summed E-state index contributed by atoms with van der Waals surface area (Å²) in [6.45, 7) is 1.88. The number of ether oxygens (including phenoxy) is 1. The maximum atomic E-state index is 11.2. The van der Waals surface area contributed by atoms with Crippen LogP contribution in [-0.2, 0) is 9.05 Å². The lowest BCUT2D eigenvalue weighted by Gasteiger charge is -2.07. The summed E-state index contributed by atoms with van der Waals surface area (Å²) in [5.74, 6) is -0.0200. The van der Waals surface area contributed by atoms with Gasteiger partial charge in [-0.2, -0.15) is 0 Å². The van der Waals surface area contributed by atoms with Crippen molar-refractivity contribution in [1.82, 2.24) is 0 Å². The van der Waals surface area contributed by atoms with E-state index in [1.54, 1.807) is 6.92 Å². The van der Waals surface area contributed by atoms with Gasteiger partial charge < -0.3 is 4.74 Å². The van der Waals surface area contributed by atoms with Gasteiger partial charge in [0.05, 0.1) is 11.5 Å². The van der Waals surface area contributed by atoms with Gasteiger partial charge in [-0.25, -0.2) is 8.42 Å². The second-order valence-corrected chi connectivity index (χ2v) is 6.18. The fourth-order valence-electron chi connectivity index (χ4n) is 1.16. The lowest BCUT2D eigenvalue weighted by atomic mass is 10.3. The molecule has 17 heavy (non-hydrogen) atoms. The Morgan fingerprint density at radius 2 is 2.12 bits per heavy atom. The van der Waals surface area contributed by atoms with E-state index in [0.29, 0.717) is 0 Å². The molecule has 0 amide bonds. The first kappa shape index (κ1) is 14.2. The van der Waals surface area contributed by atoms with Gasteiger partial charge in [0.25, 0.3) is 9.05 Å². The Morgan fingerprint density at radius 3 is 2.53 bits per heavy atom. The molecular weight excluding hydrogens is 338 g/mol. The molecule has 0 fully saturated rings. The average molecular weight is 345 g/mol. The number of rotatable bonds is 4. The Hall–Kier alpha value is -0.860. The maximum Gasteiger partial charge on any atom is 0.326 e. The fraction of sp³-hybridized carbons (Fsp3) is 0.250. The Bertz CT molecular complexity index is 559. The summed E-state index contributed by atoms with van der Waals surface area (Å²) >= 11 is 2.85. The Labute approximate surface area is 110 Å². The number of nitro groups is 1. The van der Waals surface area contributed by atoms with Crippen molar-refractivity contribution in [2.45, 2.75) is 11.8 Å². The summed E-state index contributed by atoms with van der Waals surface area (Å²) in [7, 11) is 1.09. The molecule has 9 heteroatoms. The van der Waals surface area contributed by atoms with Gasteiger partial charge in [0, 0.05) is 10.7 Å². The van der Waals surface area contributed by atoms with Gasteiger partial charge in [0.15, 0.2) is 5.75 Å². The molecule has 1 rings (SSSR count). The maximum absolute atomic E-state index is 11.2. The second kappa shape index (κ2) is 5.19. The van der Waals surface area contributed by atoms with E-state index in [9.17, 15) is 18.5 Å². The third-order valence-electron chi connectivity index (χ3n) is 1.79. The van der Waals surface area contributed by atoms with Crippen molar-refractivity contribution in [2.75, 3.05) is 6.61 Å². The van der Waals surface area contributed by atoms with Crippen molar-refractivity contribution in [3.63, 3.8) is 0 Å². The van der Waals surface area contributed by atoms with Crippen LogP contribution in [0.1, 0.15) is 6.92 Å². The van der Waals surface area contributed by atoms with Gasteiger partial charge in [-0.15, -0.1) is 0 Å². The van der Waals surface area contributed by atoms with E-state index in [4.69, 9.17) is 15.4 Å². The van der Waals surface area contributed by atoms with Gasteiger partial charge in [0.2, 0.25) is 0 Å². The fourth-order valence-corrected chi connectivity index (χ4v) is 3.48. The summed E-state index contributed by atoms with van der Waals surface area (Å²) < 4.78 is 27.2. The lowest BCUT2D eigenvalue weighted by Crippen LogP contribution is -2.01. The van der Waals surface area contributed by atoms with Crippen LogP contribution in [0.5, 0.6) is 5.75 Å². The third kappa shape index (κ3) is 3.08. The average Bonchev–Trinajstić information content (AvgIpc) is 2.15. The van der Waals surface area contributed by atoms with Crippen LogP contribution in [0.4, 0.5) is 5.69 Å². The van der Waals surface area contributed by atoms with Crippen LogP contribution in [0.15, 0.2) is 21.5 Å². The zero-order valence-corrected chi connectivity index (χ0v) is 11.7. The summed E-state index contributed by atoms with van der Waals surface area (Å²) in [6.07, 6.45) is 0. The molecule has 0 saturated heterocycles. The number of benzene rings is 1. The van der Waals surface area contributed by atoms with Crippen LogP contribution in [0, 0.1) is 10.1 Å². The molecule has 0 heterocycles. The van der Waals surface area contributed by atoms with E-state index in [-0.39, 0.29) is 21.7 Å². The third-order valence-corrected chi connectivity index (χ3v) is 4.22. The van der Waals surface area contributed by atoms with E-state index in [2.05, 4.69) is 15.9 Å². The van der Waals surface area contributed by atoms with Crippen LogP contribution in [0.25, 0.3) is 0 Å². The molecule has 0 aliphatic heterocycles. The minimum absolute atomic E-state index is 0.0200. The van der Waals surface area contributed by atoms with Gasteiger partial charge in [-0.1, -0.05) is 0 Å². The van der Waals surface area contributed by atoms with Crippen molar-refractivity contribution < 1.29 is 18.1 Å². The first-order valence-electron chi connectivity index (χ1n) is 4.33. The highest BCUT2D eigenvalue weighted by molar-refractivity contribution is 9.10. The van der Waals surface area contributed by atoms with Crippen LogP contribution >= 0.6 is 26.6 Å². The number of hydrogen-bond acceptors (Lipinski definition) is 5. The van der Waals surface area contributed by atoms with Crippen molar-refractivity contribution in [1.29, 1.82) is 0 Å². The highest BCUT2D eigenvalue weighted by atomic mass is 79.9. The molecule has 0 saturated carbocycles. The molecule has 0 atom stereocenters. The van der Waals surface area contributed by atoms with Crippen molar-refractivity contribution in [3.8, 4) is 5.75 Å². The molecule has 94 valence electrons. The molecule has 0 aliphatic rings. The Morgan fingerprint density at radius 1 is 1.53 bits per heavy atom. The standard InChI is InChI=1S/C8H7BrClNO5S/c1-2-16-5-3-4-6(17(10,14)15)7(9)8(5)11(12)13/h3-4H,2H2,1H3. The molecule has 0 radical (unpaired) electrons. The first-order chi connectivity index (χ1) is 7.79. The van der Waals surface area contributed by atoms with Crippen LogP contribution < -0.4 is 4.74 Å². The molecule has 0 aromatic heterocycles. The lowest BCUT2D eigenvalue weighted by molar-refractivity contribution is -0.386. The summed E-state index contributed by atoms with van der Waals surface area (Å²) in [5, 5.41) is 10.9. The van der Waals surface area contributed by atoms with Crippen molar-refractivity contribution in [2.24, 2.45) is 0 Å². The van der Waals surface area contributed by atoms with Crippen molar-refractivity contribution >= 4 is 41.4 Å². The number of halogens is 2. The molecule has 0 aliphatic carbocycles. The van der Waals surface area contributed by atoms with E-state index >= 15 is 0 Å². The molecule has 0 spiro atoms. The molecule has 0 bridgehead atoms. The number of nitro benzene ring substituents is 1. The number of hydrogen-bond donors (Lipinski definition) is 0. The predicted molar refractivity (Wildman–Crippen MR) is 65.0 cm³/mol. The van der Waals surface area contributed by atoms with Gasteiger partial charge >= 0.3 is 5.69 Å². The predicted octanol–water partition coefficient (Wildman–Crippen LogP) is 2.68. The monoisotopic (exact) mass is 343 g/mol. The zero-order valence-electron chi connectivity index (χ0n) is 8.51. The van der Waals surface area contributed by atoms with E-state index in [0.717, 1.165) is 6.07 Å². The van der Waals surface area contributed by atoms with E-state index < -0.39 is 19.7 Å². The molecule has 1 aromatic carbocycles. The van der Waals surface area contributed by atoms with E-state index in [1.165, 1.54) is 6.07 Å². The summed E-state index contributed by atoms with van der Waals surface area (Å²) in [4.78, 5) is 9.75. The smallest absolute Gasteiger partial charge is 0.326 e. The van der Waals surface area contributed by atoms with Gasteiger partial charge in [0.1, 0.15) is 9.37 Å². The quantitative estimate of drug-likeness (QED) is 0.476. The molecule has 0 unspecified atom stereocenters. The molecule has 6 nitrogen and oxygen atoms in total. The Balaban J connectivity index is 3.55. The molecular formula is C8H7BrClNO5S. The highest BCUT2D eigenvalue weighted by Gasteiger charge is 2.27. The minimum Gasteiger partial charge on any atom is -0.487 e. The van der Waals surface area contributed by atoms with Crippen LogP contribution in [-0.4, -0.2) is 19.9 Å². The summed E-state index contributed by atoms with van der Waals surface area (Å²) in [6, 6.07) is 2.34. The normalized spacial score (nSPS) is 11.2. The molecule has 1 aromatic rings. The van der Waals surface area contributed by atoms with Gasteiger partial charge in [-0.3, -0.25) is 10.1 Å². The first-order valence-corrected chi connectivity index (χ1v) is 7.43. The largest absolute Gasteiger partial charge is 0.487 e. The highest BCUT2D eigenvalue weighted by Crippen LogP contribution is 2.40. The Kier molecular flexibility index (Phi) is 4.34. The zero-order chi connectivity index (χ0) is 13.2. The SMILES string of the molecule is CCOc1ccc(S(=O)(=O)Cl)c(Br)c1[N+](=O)[O-]. The topological polar surface area (TPSA) is 86.5 Å². The van der Waals surface area contributed by atoms with Gasteiger partial charge in [-0.05, 0) is 35.0 Å². The van der Waals surface area contributed by atoms with E-state index in [1.807, 2.05) is 0 Å².